The van der Waals surface area contributed by atoms with E-state index in [1.807, 2.05) is 0 Å². The number of para-hydroxylation sites is 1. The predicted octanol–water partition coefficient (Wildman–Crippen LogP) is 5.81. The van der Waals surface area contributed by atoms with E-state index < -0.39 is 0 Å². The normalized spacial score (nSPS) is 17.2. The van der Waals surface area contributed by atoms with E-state index in [4.69, 9.17) is 0 Å². The van der Waals surface area contributed by atoms with E-state index in [1.165, 1.54) is 73.6 Å². The molecule has 1 saturated heterocycles. The van der Waals surface area contributed by atoms with Crippen molar-refractivity contribution < 1.29 is 0 Å². The Kier molecular flexibility index (Phi) is 8.18. The number of nitrogens with zero attached hydrogens (tertiary/aromatic N) is 3. The Labute approximate surface area is 191 Å². The zero-order chi connectivity index (χ0) is 22.4. The number of quaternary nitrogens is 1. The Morgan fingerprint density at radius 3 is 2.23 bits per heavy atom. The maximum atomic E-state index is 2.70. The van der Waals surface area contributed by atoms with E-state index in [9.17, 15) is 0 Å². The largest absolute Gasteiger partial charge is 0.372 e. The molecule has 0 aromatic heterocycles. The lowest BCUT2D eigenvalue weighted by atomic mass is 9.95. The van der Waals surface area contributed by atoms with Gasteiger partial charge in [-0.2, -0.15) is 0 Å². The summed E-state index contributed by atoms with van der Waals surface area (Å²) < 4.78 is 1.02. The molecular weight excluding hydrogens is 378 g/mol. The molecule has 1 heterocycles. The van der Waals surface area contributed by atoms with Crippen LogP contribution in [-0.4, -0.2) is 57.8 Å². The van der Waals surface area contributed by atoms with Crippen LogP contribution in [-0.2, 0) is 0 Å². The Balaban J connectivity index is 1.57. The fraction of sp³-hybridized carbons (Fsp3) is 0.571. The summed E-state index contributed by atoms with van der Waals surface area (Å²) in [5.74, 6) is 0.823. The molecule has 0 bridgehead atoms. The summed E-state index contributed by atoms with van der Waals surface area (Å²) >= 11 is 0. The zero-order valence-electron chi connectivity index (χ0n) is 20.8. The zero-order valence-corrected chi connectivity index (χ0v) is 20.8. The Bertz CT molecular complexity index is 824. The summed E-state index contributed by atoms with van der Waals surface area (Å²) in [7, 11) is 2.42. The third-order valence-electron chi connectivity index (χ3n) is 7.92. The maximum Gasteiger partial charge on any atom is 0.135 e. The minimum atomic E-state index is 0.823. The summed E-state index contributed by atoms with van der Waals surface area (Å²) in [6.45, 7) is 19.7. The Hall–Kier alpha value is -1.84. The summed E-state index contributed by atoms with van der Waals surface area (Å²) in [6.07, 6.45) is 2.61. The summed E-state index contributed by atoms with van der Waals surface area (Å²) in [5.41, 5.74) is 7.21. The van der Waals surface area contributed by atoms with Crippen molar-refractivity contribution in [3.8, 4) is 0 Å². The van der Waals surface area contributed by atoms with Crippen molar-refractivity contribution in [2.45, 2.75) is 47.5 Å². The second-order valence-electron chi connectivity index (χ2n) is 9.75. The number of aryl methyl sites for hydroxylation is 1. The van der Waals surface area contributed by atoms with Gasteiger partial charge in [0.2, 0.25) is 0 Å². The van der Waals surface area contributed by atoms with Crippen LogP contribution in [0.5, 0.6) is 0 Å². The molecule has 0 saturated carbocycles. The smallest absolute Gasteiger partial charge is 0.135 e. The molecule has 3 nitrogen and oxygen atoms in total. The molecule has 0 aliphatic carbocycles. The van der Waals surface area contributed by atoms with Gasteiger partial charge in [-0.3, -0.25) is 9.38 Å². The van der Waals surface area contributed by atoms with Crippen LogP contribution in [0.3, 0.4) is 0 Å². The number of hydrogen-bond donors (Lipinski definition) is 0. The average molecular weight is 423 g/mol. The topological polar surface area (TPSA) is 6.48 Å². The number of anilines is 1. The van der Waals surface area contributed by atoms with Crippen LogP contribution in [0.25, 0.3) is 0 Å². The highest BCUT2D eigenvalue weighted by Gasteiger charge is 2.28. The lowest BCUT2D eigenvalue weighted by molar-refractivity contribution is 0.195. The van der Waals surface area contributed by atoms with Gasteiger partial charge in [0, 0.05) is 37.4 Å². The molecule has 2 aromatic rings. The second kappa shape index (κ2) is 10.7. The highest BCUT2D eigenvalue weighted by molar-refractivity contribution is 5.55. The molecule has 1 fully saturated rings. The number of likely N-dealkylation sites (N-methyl/N-ethyl adjacent to an activating group) is 2. The van der Waals surface area contributed by atoms with Crippen LogP contribution in [0.4, 0.5) is 11.4 Å². The van der Waals surface area contributed by atoms with Gasteiger partial charge in [0.05, 0.1) is 20.1 Å². The molecule has 0 N–H and O–H groups in total. The van der Waals surface area contributed by atoms with Crippen molar-refractivity contribution in [3.63, 3.8) is 0 Å². The van der Waals surface area contributed by atoms with Crippen LogP contribution in [0, 0.1) is 26.7 Å². The second-order valence-corrected chi connectivity index (χ2v) is 9.75. The van der Waals surface area contributed by atoms with Crippen LogP contribution in [0.15, 0.2) is 42.5 Å². The number of hydrogen-bond acceptors (Lipinski definition) is 2. The maximum absolute atomic E-state index is 2.70. The van der Waals surface area contributed by atoms with E-state index in [2.05, 4.69) is 93.9 Å². The van der Waals surface area contributed by atoms with Gasteiger partial charge in [0.1, 0.15) is 5.69 Å². The van der Waals surface area contributed by atoms with Crippen molar-refractivity contribution in [2.24, 2.45) is 5.92 Å². The first-order valence-corrected chi connectivity index (χ1v) is 12.3. The SMILES string of the molecule is CCN(CC[N+](C)(CC)c1ccc(C)c(C)c1C)CC1CCN(c2ccccc2)CC1. The predicted molar refractivity (Wildman–Crippen MR) is 137 cm³/mol. The third kappa shape index (κ3) is 5.70. The van der Waals surface area contributed by atoms with Crippen LogP contribution in [0.1, 0.15) is 43.4 Å². The van der Waals surface area contributed by atoms with E-state index in [-0.39, 0.29) is 0 Å². The van der Waals surface area contributed by atoms with Crippen LogP contribution < -0.4 is 9.38 Å². The standard InChI is InChI=1S/C28H44N3/c1-7-29(22-26-16-18-30(19-17-26)27-12-10-9-11-13-27)20-21-31(6,8-2)28-15-14-23(3)24(4)25(28)5/h9-15,26H,7-8,16-22H2,1-6H3/q+1. The molecule has 0 radical (unpaired) electrons. The first-order valence-electron chi connectivity index (χ1n) is 12.3. The van der Waals surface area contributed by atoms with Gasteiger partial charge in [0.25, 0.3) is 0 Å². The van der Waals surface area contributed by atoms with Crippen molar-refractivity contribution >= 4 is 11.4 Å². The van der Waals surface area contributed by atoms with Crippen molar-refractivity contribution in [2.75, 3.05) is 57.8 Å². The fourth-order valence-electron chi connectivity index (χ4n) is 5.09. The van der Waals surface area contributed by atoms with E-state index in [1.54, 1.807) is 0 Å². The van der Waals surface area contributed by atoms with Crippen molar-refractivity contribution in [3.05, 3.63) is 59.2 Å². The molecule has 1 unspecified atom stereocenters. The van der Waals surface area contributed by atoms with Crippen LogP contribution >= 0.6 is 0 Å². The van der Waals surface area contributed by atoms with Crippen LogP contribution in [0.2, 0.25) is 0 Å². The van der Waals surface area contributed by atoms with Gasteiger partial charge >= 0.3 is 0 Å². The Morgan fingerprint density at radius 2 is 1.61 bits per heavy atom. The van der Waals surface area contributed by atoms with Gasteiger partial charge < -0.3 is 4.90 Å². The molecule has 170 valence electrons. The minimum absolute atomic E-state index is 0.823. The molecule has 31 heavy (non-hydrogen) atoms. The minimum Gasteiger partial charge on any atom is -0.372 e. The highest BCUT2D eigenvalue weighted by atomic mass is 15.3. The molecule has 2 aromatic carbocycles. The first-order chi connectivity index (χ1) is 14.9. The molecule has 1 aliphatic heterocycles. The fourth-order valence-corrected chi connectivity index (χ4v) is 5.09. The van der Waals surface area contributed by atoms with Gasteiger partial charge in [0.15, 0.2) is 0 Å². The average Bonchev–Trinajstić information content (AvgIpc) is 2.81. The van der Waals surface area contributed by atoms with Crippen molar-refractivity contribution in [1.82, 2.24) is 9.38 Å². The molecular formula is C28H44N3+. The quantitative estimate of drug-likeness (QED) is 0.471. The monoisotopic (exact) mass is 422 g/mol. The van der Waals surface area contributed by atoms with Gasteiger partial charge in [-0.05, 0) is 82.3 Å². The van der Waals surface area contributed by atoms with Crippen molar-refractivity contribution in [1.29, 1.82) is 0 Å². The summed E-state index contributed by atoms with van der Waals surface area (Å²) in [4.78, 5) is 5.26. The molecule has 1 atom stereocenters. The lowest BCUT2D eigenvalue weighted by Gasteiger charge is -2.38. The highest BCUT2D eigenvalue weighted by Crippen LogP contribution is 2.30. The van der Waals surface area contributed by atoms with Gasteiger partial charge in [-0.25, -0.2) is 0 Å². The first kappa shape index (κ1) is 23.8. The molecule has 0 amide bonds. The van der Waals surface area contributed by atoms with Gasteiger partial charge in [-0.15, -0.1) is 0 Å². The number of piperidine rings is 1. The van der Waals surface area contributed by atoms with E-state index in [0.717, 1.165) is 23.5 Å². The van der Waals surface area contributed by atoms with E-state index in [0.29, 0.717) is 0 Å². The third-order valence-corrected chi connectivity index (χ3v) is 7.92. The summed E-state index contributed by atoms with van der Waals surface area (Å²) in [6, 6.07) is 15.6. The molecule has 3 heteroatoms. The number of rotatable bonds is 9. The Morgan fingerprint density at radius 1 is 0.935 bits per heavy atom. The van der Waals surface area contributed by atoms with Gasteiger partial charge in [-0.1, -0.05) is 31.2 Å². The van der Waals surface area contributed by atoms with E-state index >= 15 is 0 Å². The molecule has 3 rings (SSSR count). The molecule has 0 spiro atoms. The lowest BCUT2D eigenvalue weighted by Crippen LogP contribution is -2.51. The molecule has 1 aliphatic rings. The summed E-state index contributed by atoms with van der Waals surface area (Å²) in [5, 5.41) is 0. The number of benzene rings is 2.